The van der Waals surface area contributed by atoms with Gasteiger partial charge >= 0.3 is 12.0 Å². The summed E-state index contributed by atoms with van der Waals surface area (Å²) in [4.78, 5) is 12.3. The third-order valence-corrected chi connectivity index (χ3v) is 4.38. The molecule has 0 fully saturated rings. The van der Waals surface area contributed by atoms with Gasteiger partial charge in [0, 0.05) is 6.07 Å². The molecule has 0 aliphatic rings. The predicted molar refractivity (Wildman–Crippen MR) is 98.4 cm³/mol. The minimum atomic E-state index is -4.76. The third-order valence-electron chi connectivity index (χ3n) is 4.38. The van der Waals surface area contributed by atoms with Crippen molar-refractivity contribution in [1.29, 1.82) is 0 Å². The Kier molecular flexibility index (Phi) is 4.93. The minimum absolute atomic E-state index is 0.0551. The SMILES string of the molecule is Cc1cc(O)c(-c2c(C)ccc(-c3ccc(OC(F)(F)F)cc3)c2C)c(=O)o1. The zero-order valence-electron chi connectivity index (χ0n) is 15.3. The van der Waals surface area contributed by atoms with Crippen LogP contribution in [0.15, 0.2) is 51.7 Å². The topological polar surface area (TPSA) is 59.7 Å². The molecule has 7 heteroatoms. The van der Waals surface area contributed by atoms with E-state index in [4.69, 9.17) is 4.42 Å². The van der Waals surface area contributed by atoms with Crippen LogP contribution in [0.2, 0.25) is 0 Å². The maximum atomic E-state index is 12.3. The second-order valence-corrected chi connectivity index (χ2v) is 6.41. The fourth-order valence-electron chi connectivity index (χ4n) is 3.21. The van der Waals surface area contributed by atoms with Gasteiger partial charge in [-0.15, -0.1) is 13.2 Å². The maximum Gasteiger partial charge on any atom is 0.573 e. The second-order valence-electron chi connectivity index (χ2n) is 6.41. The summed E-state index contributed by atoms with van der Waals surface area (Å²) < 4.78 is 46.0. The van der Waals surface area contributed by atoms with Gasteiger partial charge in [-0.1, -0.05) is 24.3 Å². The largest absolute Gasteiger partial charge is 0.573 e. The molecule has 4 nitrogen and oxygen atoms in total. The lowest BCUT2D eigenvalue weighted by Gasteiger charge is -2.16. The lowest BCUT2D eigenvalue weighted by atomic mass is 9.89. The summed E-state index contributed by atoms with van der Waals surface area (Å²) in [5.74, 6) is -0.220. The maximum absolute atomic E-state index is 12.3. The molecule has 1 heterocycles. The molecular weight excluding hydrogens is 373 g/mol. The lowest BCUT2D eigenvalue weighted by molar-refractivity contribution is -0.274. The zero-order chi connectivity index (χ0) is 20.6. The molecule has 1 aromatic heterocycles. The number of ether oxygens (including phenoxy) is 1. The summed E-state index contributed by atoms with van der Waals surface area (Å²) in [5.41, 5.74) is 2.72. The Morgan fingerprint density at radius 1 is 0.964 bits per heavy atom. The molecular formula is C21H17F3O4. The van der Waals surface area contributed by atoms with Gasteiger partial charge in [-0.05, 0) is 60.7 Å². The molecule has 3 rings (SSSR count). The van der Waals surface area contributed by atoms with E-state index < -0.39 is 12.0 Å². The van der Waals surface area contributed by atoms with Crippen LogP contribution < -0.4 is 10.4 Å². The van der Waals surface area contributed by atoms with Crippen LogP contribution in [-0.4, -0.2) is 11.5 Å². The zero-order valence-corrected chi connectivity index (χ0v) is 15.3. The minimum Gasteiger partial charge on any atom is -0.507 e. The van der Waals surface area contributed by atoms with E-state index in [0.29, 0.717) is 22.3 Å². The molecule has 0 aliphatic carbocycles. The summed E-state index contributed by atoms with van der Waals surface area (Å²) in [6.45, 7) is 5.13. The van der Waals surface area contributed by atoms with Crippen molar-refractivity contribution in [2.24, 2.45) is 0 Å². The first-order valence-electron chi connectivity index (χ1n) is 8.37. The summed E-state index contributed by atoms with van der Waals surface area (Å²) in [5, 5.41) is 10.3. The number of rotatable bonds is 3. The van der Waals surface area contributed by atoms with Crippen molar-refractivity contribution in [3.05, 3.63) is 69.8 Å². The fourth-order valence-corrected chi connectivity index (χ4v) is 3.21. The molecule has 0 saturated carbocycles. The number of alkyl halides is 3. The van der Waals surface area contributed by atoms with Crippen molar-refractivity contribution >= 4 is 0 Å². The molecule has 1 N–H and O–H groups in total. The van der Waals surface area contributed by atoms with Crippen LogP contribution in [0.5, 0.6) is 11.5 Å². The summed E-state index contributed by atoms with van der Waals surface area (Å²) in [6, 6.07) is 10.4. The molecule has 0 bridgehead atoms. The molecule has 0 spiro atoms. The predicted octanol–water partition coefficient (Wildman–Crippen LogP) is 5.50. The van der Waals surface area contributed by atoms with Gasteiger partial charge in [-0.25, -0.2) is 4.79 Å². The van der Waals surface area contributed by atoms with E-state index in [1.165, 1.54) is 30.3 Å². The van der Waals surface area contributed by atoms with E-state index in [0.717, 1.165) is 5.56 Å². The number of hydrogen-bond donors (Lipinski definition) is 1. The number of halogens is 3. The van der Waals surface area contributed by atoms with Crippen LogP contribution in [0.1, 0.15) is 16.9 Å². The first-order valence-corrected chi connectivity index (χ1v) is 8.37. The van der Waals surface area contributed by atoms with Crippen LogP contribution in [0, 0.1) is 20.8 Å². The highest BCUT2D eigenvalue weighted by Crippen LogP contribution is 2.37. The smallest absolute Gasteiger partial charge is 0.507 e. The lowest BCUT2D eigenvalue weighted by Crippen LogP contribution is -2.16. The van der Waals surface area contributed by atoms with Crippen molar-refractivity contribution < 1.29 is 27.4 Å². The Morgan fingerprint density at radius 3 is 2.18 bits per heavy atom. The van der Waals surface area contributed by atoms with Crippen molar-refractivity contribution in [1.82, 2.24) is 0 Å². The van der Waals surface area contributed by atoms with Crippen LogP contribution in [0.3, 0.4) is 0 Å². The Morgan fingerprint density at radius 2 is 1.61 bits per heavy atom. The third kappa shape index (κ3) is 3.88. The molecule has 0 amide bonds. The molecule has 0 radical (unpaired) electrons. The average molecular weight is 390 g/mol. The highest BCUT2D eigenvalue weighted by atomic mass is 19.4. The van der Waals surface area contributed by atoms with E-state index >= 15 is 0 Å². The highest BCUT2D eigenvalue weighted by Gasteiger charge is 2.31. The van der Waals surface area contributed by atoms with Crippen molar-refractivity contribution in [2.45, 2.75) is 27.1 Å². The van der Waals surface area contributed by atoms with Gasteiger partial charge in [-0.2, -0.15) is 0 Å². The Hall–Kier alpha value is -3.22. The fraction of sp³-hybridized carbons (Fsp3) is 0.190. The Balaban J connectivity index is 2.11. The highest BCUT2D eigenvalue weighted by molar-refractivity contribution is 5.82. The normalized spacial score (nSPS) is 11.5. The molecule has 3 aromatic rings. The van der Waals surface area contributed by atoms with Crippen LogP contribution in [0.4, 0.5) is 13.2 Å². The van der Waals surface area contributed by atoms with E-state index in [9.17, 15) is 23.1 Å². The van der Waals surface area contributed by atoms with Gasteiger partial charge in [0.15, 0.2) is 0 Å². The molecule has 28 heavy (non-hydrogen) atoms. The molecule has 0 saturated heterocycles. The molecule has 0 aliphatic heterocycles. The summed E-state index contributed by atoms with van der Waals surface area (Å²) in [7, 11) is 0. The summed E-state index contributed by atoms with van der Waals surface area (Å²) >= 11 is 0. The average Bonchev–Trinajstić information content (AvgIpc) is 2.56. The van der Waals surface area contributed by atoms with E-state index in [2.05, 4.69) is 4.74 Å². The van der Waals surface area contributed by atoms with E-state index in [1.54, 1.807) is 32.9 Å². The first kappa shape index (κ1) is 19.5. The van der Waals surface area contributed by atoms with Gasteiger partial charge in [0.05, 0.1) is 0 Å². The van der Waals surface area contributed by atoms with E-state index in [-0.39, 0.29) is 22.8 Å². The van der Waals surface area contributed by atoms with Gasteiger partial charge in [0.2, 0.25) is 0 Å². The second kappa shape index (κ2) is 7.07. The molecule has 146 valence electrons. The van der Waals surface area contributed by atoms with Crippen molar-refractivity contribution in [2.75, 3.05) is 0 Å². The van der Waals surface area contributed by atoms with Gasteiger partial charge in [0.25, 0.3) is 0 Å². The van der Waals surface area contributed by atoms with Gasteiger partial charge < -0.3 is 14.3 Å². The Labute approximate surface area is 158 Å². The number of hydrogen-bond acceptors (Lipinski definition) is 4. The van der Waals surface area contributed by atoms with E-state index in [1.807, 2.05) is 0 Å². The quantitative estimate of drug-likeness (QED) is 0.641. The standard InChI is InChI=1S/C21H17F3O4/c1-11-4-9-16(14-5-7-15(8-6-14)28-21(22,23)24)13(3)18(11)19-17(25)10-12(2)27-20(19)26/h4-10,25H,1-3H3. The van der Waals surface area contributed by atoms with Crippen LogP contribution in [-0.2, 0) is 0 Å². The van der Waals surface area contributed by atoms with Gasteiger partial charge in [0.1, 0.15) is 22.8 Å². The Bertz CT molecular complexity index is 1080. The van der Waals surface area contributed by atoms with Crippen LogP contribution >= 0.6 is 0 Å². The van der Waals surface area contributed by atoms with Crippen molar-refractivity contribution in [3.63, 3.8) is 0 Å². The number of aryl methyl sites for hydroxylation is 2. The summed E-state index contributed by atoms with van der Waals surface area (Å²) in [6.07, 6.45) is -4.76. The van der Waals surface area contributed by atoms with Gasteiger partial charge in [-0.3, -0.25) is 0 Å². The molecule has 0 atom stereocenters. The number of aromatic hydroxyl groups is 1. The first-order chi connectivity index (χ1) is 13.1. The monoisotopic (exact) mass is 390 g/mol. The van der Waals surface area contributed by atoms with Crippen LogP contribution in [0.25, 0.3) is 22.3 Å². The molecule has 0 unspecified atom stereocenters. The molecule has 2 aromatic carbocycles. The number of benzene rings is 2. The van der Waals surface area contributed by atoms with Crippen molar-refractivity contribution in [3.8, 4) is 33.8 Å².